The number of hydrogen-bond acceptors (Lipinski definition) is 9. The summed E-state index contributed by atoms with van der Waals surface area (Å²) in [5.41, 5.74) is 7.20. The second-order valence-corrected chi connectivity index (χ2v) is 10.9. The molecule has 6 heterocycles. The lowest BCUT2D eigenvalue weighted by molar-refractivity contribution is -0.150. The van der Waals surface area contributed by atoms with Crippen molar-refractivity contribution in [3.8, 4) is 0 Å². The van der Waals surface area contributed by atoms with Crippen molar-refractivity contribution in [1.82, 2.24) is 25.4 Å². The number of nitrogens with zero attached hydrogens (tertiary/aromatic N) is 4. The first-order valence-electron chi connectivity index (χ1n) is 13.4. The van der Waals surface area contributed by atoms with Crippen molar-refractivity contribution in [3.63, 3.8) is 0 Å². The summed E-state index contributed by atoms with van der Waals surface area (Å²) in [6.45, 7) is 4.55. The van der Waals surface area contributed by atoms with Crippen molar-refractivity contribution in [2.45, 2.75) is 56.5 Å². The van der Waals surface area contributed by atoms with Crippen molar-refractivity contribution < 1.29 is 14.0 Å². The van der Waals surface area contributed by atoms with Crippen molar-refractivity contribution in [2.24, 2.45) is 22.2 Å². The second kappa shape index (κ2) is 11.1. The molecule has 1 aromatic heterocycles. The van der Waals surface area contributed by atoms with Crippen LogP contribution in [0.1, 0.15) is 43.6 Å². The second-order valence-electron chi connectivity index (χ2n) is 10.9. The van der Waals surface area contributed by atoms with Crippen LogP contribution < -0.4 is 21.7 Å². The smallest absolute Gasteiger partial charge is 0.234 e. The monoisotopic (exact) mass is 516 g/mol. The number of nitroso groups, excluding NO2 is 1. The molecule has 5 aliphatic rings. The number of fused-ring (bicyclic) bond motifs is 3. The number of nitrogens with two attached hydrogens (primary N) is 1. The third kappa shape index (κ3) is 5.38. The summed E-state index contributed by atoms with van der Waals surface area (Å²) in [6.07, 6.45) is 4.68. The summed E-state index contributed by atoms with van der Waals surface area (Å²) < 4.78 is 13.6. The maximum Gasteiger partial charge on any atom is 0.234 e. The summed E-state index contributed by atoms with van der Waals surface area (Å²) in [6, 6.07) is 1.89. The first-order valence-corrected chi connectivity index (χ1v) is 13.4. The van der Waals surface area contributed by atoms with Gasteiger partial charge in [-0.05, 0) is 69.3 Å². The number of piperidine rings is 4. The zero-order chi connectivity index (χ0) is 26.0. The number of amides is 2. The number of pyridine rings is 1. The van der Waals surface area contributed by atoms with Gasteiger partial charge in [0.15, 0.2) is 6.17 Å². The van der Waals surface area contributed by atoms with Gasteiger partial charge in [0, 0.05) is 32.4 Å². The molecular weight excluding hydrogens is 479 g/mol. The summed E-state index contributed by atoms with van der Waals surface area (Å²) in [4.78, 5) is 46.7. The molecule has 12 heteroatoms. The molecule has 11 nitrogen and oxygen atoms in total. The zero-order valence-corrected chi connectivity index (χ0v) is 21.1. The Morgan fingerprint density at radius 3 is 2.41 bits per heavy atom. The molecule has 0 radical (unpaired) electrons. The van der Waals surface area contributed by atoms with E-state index < -0.39 is 30.3 Å². The lowest BCUT2D eigenvalue weighted by Crippen LogP contribution is -2.62. The first-order chi connectivity index (χ1) is 17.9. The molecular formula is C25H37FN8O3. The molecule has 0 saturated carbocycles. The fraction of sp³-hybridized carbons (Fsp3) is 0.720. The number of carbonyl (C=O) groups is 2. The number of carbonyl (C=O) groups excluding carboxylic acids is 2. The number of halogens is 1. The summed E-state index contributed by atoms with van der Waals surface area (Å²) >= 11 is 0. The summed E-state index contributed by atoms with van der Waals surface area (Å²) in [7, 11) is 0. The maximum absolute atomic E-state index is 13.6. The van der Waals surface area contributed by atoms with Crippen LogP contribution in [0.2, 0.25) is 0 Å². The highest BCUT2D eigenvalue weighted by atomic mass is 19.1. The minimum atomic E-state index is -1.30. The van der Waals surface area contributed by atoms with Gasteiger partial charge >= 0.3 is 0 Å². The molecule has 0 aliphatic carbocycles. The highest BCUT2D eigenvalue weighted by molar-refractivity contribution is 5.94. The van der Waals surface area contributed by atoms with Crippen LogP contribution in [0.4, 0.5) is 10.1 Å². The number of aromatic nitrogens is 1. The number of alkyl halides is 1. The van der Waals surface area contributed by atoms with Crippen LogP contribution in [0.25, 0.3) is 0 Å². The average Bonchev–Trinajstić information content (AvgIpc) is 2.95. The molecule has 2 bridgehead atoms. The molecule has 5 saturated heterocycles. The number of anilines is 1. The van der Waals surface area contributed by atoms with Gasteiger partial charge in [-0.15, -0.1) is 4.91 Å². The van der Waals surface area contributed by atoms with Gasteiger partial charge in [0.1, 0.15) is 12.1 Å². The lowest BCUT2D eigenvalue weighted by Gasteiger charge is -2.49. The normalized spacial score (nSPS) is 31.9. The van der Waals surface area contributed by atoms with E-state index in [0.29, 0.717) is 24.7 Å². The largest absolute Gasteiger partial charge is 0.342 e. The van der Waals surface area contributed by atoms with E-state index in [9.17, 15) is 18.9 Å². The number of rotatable bonds is 7. The molecule has 5 N–H and O–H groups in total. The molecule has 5 aliphatic heterocycles. The average molecular weight is 517 g/mol. The quantitative estimate of drug-likeness (QED) is 0.388. The van der Waals surface area contributed by atoms with E-state index in [-0.39, 0.29) is 24.4 Å². The molecule has 0 spiro atoms. The van der Waals surface area contributed by atoms with Gasteiger partial charge in [-0.1, -0.05) is 5.18 Å². The van der Waals surface area contributed by atoms with E-state index in [2.05, 4.69) is 31.0 Å². The van der Waals surface area contributed by atoms with Gasteiger partial charge < -0.3 is 20.9 Å². The van der Waals surface area contributed by atoms with Crippen LogP contribution in [-0.4, -0.2) is 90.9 Å². The van der Waals surface area contributed by atoms with Crippen LogP contribution in [0.3, 0.4) is 0 Å². The fourth-order valence-corrected chi connectivity index (χ4v) is 6.44. The predicted octanol–water partition coefficient (Wildman–Crippen LogP) is 0.736. The van der Waals surface area contributed by atoms with Crippen LogP contribution in [-0.2, 0) is 9.59 Å². The fourth-order valence-electron chi connectivity index (χ4n) is 6.44. The highest BCUT2D eigenvalue weighted by Gasteiger charge is 2.47. The van der Waals surface area contributed by atoms with E-state index >= 15 is 0 Å². The maximum atomic E-state index is 13.6. The number of nitrogens with one attached hydrogen (secondary N) is 3. The van der Waals surface area contributed by atoms with Crippen molar-refractivity contribution in [1.29, 1.82) is 0 Å². The summed E-state index contributed by atoms with van der Waals surface area (Å²) in [5.74, 6) is -1.05. The van der Waals surface area contributed by atoms with Crippen LogP contribution in [0, 0.1) is 16.2 Å². The van der Waals surface area contributed by atoms with Gasteiger partial charge in [-0.2, -0.15) is 0 Å². The Kier molecular flexibility index (Phi) is 7.80. The number of likely N-dealkylation sites (tertiary alicyclic amines) is 1. The molecule has 2 atom stereocenters. The summed E-state index contributed by atoms with van der Waals surface area (Å²) in [5, 5.41) is 11.6. The molecule has 2 unspecified atom stereocenters. The van der Waals surface area contributed by atoms with Crippen molar-refractivity contribution >= 4 is 17.5 Å². The zero-order valence-electron chi connectivity index (χ0n) is 21.1. The third-order valence-corrected chi connectivity index (χ3v) is 8.78. The van der Waals surface area contributed by atoms with E-state index in [1.807, 2.05) is 11.0 Å². The Bertz CT molecular complexity index is 974. The lowest BCUT2D eigenvalue weighted by atomic mass is 9.70. The molecule has 1 aromatic rings. The Labute approximate surface area is 216 Å². The van der Waals surface area contributed by atoms with Gasteiger partial charge in [-0.3, -0.25) is 25.2 Å². The first kappa shape index (κ1) is 26.1. The molecule has 2 amide bonds. The van der Waals surface area contributed by atoms with Crippen LogP contribution in [0.5, 0.6) is 0 Å². The molecule has 6 rings (SSSR count). The minimum absolute atomic E-state index is 0.0575. The predicted molar refractivity (Wildman–Crippen MR) is 136 cm³/mol. The van der Waals surface area contributed by atoms with Gasteiger partial charge in [0.2, 0.25) is 11.8 Å². The topological polar surface area (TPSA) is 145 Å². The molecule has 37 heavy (non-hydrogen) atoms. The van der Waals surface area contributed by atoms with E-state index in [1.54, 1.807) is 12.4 Å². The molecule has 0 aromatic carbocycles. The Balaban J connectivity index is 1.24. The van der Waals surface area contributed by atoms with E-state index in [0.717, 1.165) is 57.3 Å². The Morgan fingerprint density at radius 2 is 1.78 bits per heavy atom. The standard InChI is InChI=1S/C25H37FN8O3/c26-17-13-29-22(30-14-17)20(21(27)32-37)23(35)31-19-15-28-7-1-18(19)16-2-8-34(9-3-16)24(36)25-4-10-33(11-5-25)12-6-25/h1,7,15-17,20-22,29-30H,2-6,8-14,27H2,(H,31,35). The van der Waals surface area contributed by atoms with Crippen LogP contribution >= 0.6 is 0 Å². The molecule has 5 fully saturated rings. The third-order valence-electron chi connectivity index (χ3n) is 8.78. The van der Waals surface area contributed by atoms with Crippen LogP contribution in [0.15, 0.2) is 23.6 Å². The van der Waals surface area contributed by atoms with Gasteiger partial charge in [0.05, 0.1) is 23.5 Å². The van der Waals surface area contributed by atoms with E-state index in [1.165, 1.54) is 0 Å². The Morgan fingerprint density at radius 1 is 1.14 bits per heavy atom. The SMILES string of the molecule is NC(N=O)C(C(=O)Nc1cnccc1C1CCN(C(=O)C23CCN(CC2)CC3)CC1)C1NCC(F)CN1. The van der Waals surface area contributed by atoms with E-state index in [4.69, 9.17) is 5.73 Å². The number of hydrogen-bond donors (Lipinski definition) is 4. The van der Waals surface area contributed by atoms with Gasteiger partial charge in [-0.25, -0.2) is 4.39 Å². The van der Waals surface area contributed by atoms with Crippen molar-refractivity contribution in [2.75, 3.05) is 51.1 Å². The Hall–Kier alpha value is -2.54. The molecule has 202 valence electrons. The highest BCUT2D eigenvalue weighted by Crippen LogP contribution is 2.43. The van der Waals surface area contributed by atoms with Gasteiger partial charge in [0.25, 0.3) is 0 Å². The minimum Gasteiger partial charge on any atom is -0.342 e. The van der Waals surface area contributed by atoms with Crippen molar-refractivity contribution in [3.05, 3.63) is 28.9 Å².